The van der Waals surface area contributed by atoms with Gasteiger partial charge in [-0.2, -0.15) is 0 Å². The molecule has 96 valence electrons. The minimum absolute atomic E-state index is 0.223. The topological polar surface area (TPSA) is 44.1 Å². The number of benzene rings is 1. The highest BCUT2D eigenvalue weighted by atomic mass is 16.5. The molecule has 0 saturated carbocycles. The van der Waals surface area contributed by atoms with E-state index in [1.807, 2.05) is 19.9 Å². The quantitative estimate of drug-likeness (QED) is 0.778. The van der Waals surface area contributed by atoms with Gasteiger partial charge in [0.25, 0.3) is 0 Å². The standard InChI is InChI=1S/C14H18N2O2/c1-4-16-12-7-6-10(3)8-11(12)15-13(16)9-14(17)18-5-2/h6-8H,4-5,9H2,1-3H3. The molecule has 0 amide bonds. The summed E-state index contributed by atoms with van der Waals surface area (Å²) >= 11 is 0. The Kier molecular flexibility index (Phi) is 3.65. The third-order valence-corrected chi connectivity index (χ3v) is 2.91. The van der Waals surface area contributed by atoms with Crippen molar-refractivity contribution >= 4 is 17.0 Å². The van der Waals surface area contributed by atoms with E-state index in [-0.39, 0.29) is 12.4 Å². The zero-order chi connectivity index (χ0) is 13.1. The third kappa shape index (κ3) is 2.37. The first kappa shape index (κ1) is 12.6. The van der Waals surface area contributed by atoms with Crippen molar-refractivity contribution in [1.29, 1.82) is 0 Å². The maximum absolute atomic E-state index is 11.5. The predicted octanol–water partition coefficient (Wildman–Crippen LogP) is 2.47. The van der Waals surface area contributed by atoms with Gasteiger partial charge in [-0.1, -0.05) is 6.07 Å². The molecule has 1 aromatic carbocycles. The molecule has 0 fully saturated rings. The van der Waals surface area contributed by atoms with Gasteiger partial charge < -0.3 is 9.30 Å². The van der Waals surface area contributed by atoms with Gasteiger partial charge in [-0.05, 0) is 38.5 Å². The van der Waals surface area contributed by atoms with E-state index in [1.54, 1.807) is 0 Å². The van der Waals surface area contributed by atoms with Crippen LogP contribution in [0.1, 0.15) is 25.2 Å². The van der Waals surface area contributed by atoms with Crippen molar-refractivity contribution in [3.05, 3.63) is 29.6 Å². The summed E-state index contributed by atoms with van der Waals surface area (Å²) in [6, 6.07) is 6.15. The van der Waals surface area contributed by atoms with E-state index in [9.17, 15) is 4.79 Å². The van der Waals surface area contributed by atoms with Crippen molar-refractivity contribution in [3.8, 4) is 0 Å². The summed E-state index contributed by atoms with van der Waals surface area (Å²) in [5, 5.41) is 0. The first-order valence-electron chi connectivity index (χ1n) is 6.27. The molecule has 4 nitrogen and oxygen atoms in total. The maximum Gasteiger partial charge on any atom is 0.313 e. The van der Waals surface area contributed by atoms with Gasteiger partial charge in [0.15, 0.2) is 0 Å². The normalized spacial score (nSPS) is 10.8. The smallest absolute Gasteiger partial charge is 0.313 e. The molecule has 4 heteroatoms. The van der Waals surface area contributed by atoms with Gasteiger partial charge >= 0.3 is 5.97 Å². The number of carbonyl (C=O) groups is 1. The van der Waals surface area contributed by atoms with Crippen molar-refractivity contribution in [3.63, 3.8) is 0 Å². The summed E-state index contributed by atoms with van der Waals surface area (Å²) in [6.07, 6.45) is 0.232. The Bertz CT molecular complexity index is 572. The van der Waals surface area contributed by atoms with Crippen LogP contribution >= 0.6 is 0 Å². The first-order valence-corrected chi connectivity index (χ1v) is 6.27. The number of hydrogen-bond acceptors (Lipinski definition) is 3. The Morgan fingerprint density at radius 2 is 2.17 bits per heavy atom. The van der Waals surface area contributed by atoms with Crippen LogP contribution in [0.3, 0.4) is 0 Å². The van der Waals surface area contributed by atoms with Crippen LogP contribution in [-0.4, -0.2) is 22.1 Å². The predicted molar refractivity (Wildman–Crippen MR) is 70.5 cm³/mol. The Balaban J connectivity index is 2.40. The molecule has 0 unspecified atom stereocenters. The SMILES string of the molecule is CCOC(=O)Cc1nc2cc(C)ccc2n1CC. The molecule has 0 saturated heterocycles. The molecular weight excluding hydrogens is 228 g/mol. The highest BCUT2D eigenvalue weighted by Crippen LogP contribution is 2.18. The lowest BCUT2D eigenvalue weighted by Crippen LogP contribution is -2.12. The van der Waals surface area contributed by atoms with Crippen molar-refractivity contribution in [1.82, 2.24) is 9.55 Å². The van der Waals surface area contributed by atoms with Crippen LogP contribution in [0.4, 0.5) is 0 Å². The van der Waals surface area contributed by atoms with Crippen molar-refractivity contribution in [2.75, 3.05) is 6.61 Å². The van der Waals surface area contributed by atoms with Crippen LogP contribution in [0.25, 0.3) is 11.0 Å². The molecule has 0 aliphatic heterocycles. The van der Waals surface area contributed by atoms with E-state index in [2.05, 4.69) is 28.6 Å². The number of hydrogen-bond donors (Lipinski definition) is 0. The second-order valence-electron chi connectivity index (χ2n) is 4.25. The molecule has 0 aliphatic rings. The molecule has 0 aliphatic carbocycles. The van der Waals surface area contributed by atoms with Gasteiger partial charge in [0, 0.05) is 6.54 Å². The fourth-order valence-electron chi connectivity index (χ4n) is 2.12. The van der Waals surface area contributed by atoms with E-state index < -0.39 is 0 Å². The fraction of sp³-hybridized carbons (Fsp3) is 0.429. The van der Waals surface area contributed by atoms with Gasteiger partial charge in [0.05, 0.1) is 17.6 Å². The summed E-state index contributed by atoms with van der Waals surface area (Å²) in [7, 11) is 0. The highest BCUT2D eigenvalue weighted by Gasteiger charge is 2.13. The monoisotopic (exact) mass is 246 g/mol. The zero-order valence-electron chi connectivity index (χ0n) is 11.1. The molecule has 2 aromatic rings. The number of carbonyl (C=O) groups excluding carboxylic acids is 1. The number of rotatable bonds is 4. The lowest BCUT2D eigenvalue weighted by atomic mass is 10.2. The second-order valence-corrected chi connectivity index (χ2v) is 4.25. The number of esters is 1. The number of ether oxygens (including phenoxy) is 1. The van der Waals surface area contributed by atoms with Gasteiger partial charge in [-0.3, -0.25) is 4.79 Å². The van der Waals surface area contributed by atoms with Crippen LogP contribution in [0.15, 0.2) is 18.2 Å². The van der Waals surface area contributed by atoms with Crippen LogP contribution < -0.4 is 0 Å². The average Bonchev–Trinajstić information content (AvgIpc) is 2.65. The van der Waals surface area contributed by atoms with Crippen molar-refractivity contribution in [2.24, 2.45) is 0 Å². The number of fused-ring (bicyclic) bond motifs is 1. The van der Waals surface area contributed by atoms with Gasteiger partial charge in [0.1, 0.15) is 12.2 Å². The van der Waals surface area contributed by atoms with E-state index in [1.165, 1.54) is 5.56 Å². The van der Waals surface area contributed by atoms with E-state index in [4.69, 9.17) is 4.74 Å². The minimum Gasteiger partial charge on any atom is -0.466 e. The Hall–Kier alpha value is -1.84. The molecule has 1 heterocycles. The van der Waals surface area contributed by atoms with E-state index in [0.29, 0.717) is 6.61 Å². The Morgan fingerprint density at radius 1 is 1.39 bits per heavy atom. The molecule has 0 atom stereocenters. The van der Waals surface area contributed by atoms with Crippen molar-refractivity contribution < 1.29 is 9.53 Å². The molecule has 18 heavy (non-hydrogen) atoms. The maximum atomic E-state index is 11.5. The minimum atomic E-state index is -0.223. The first-order chi connectivity index (χ1) is 8.65. The summed E-state index contributed by atoms with van der Waals surface area (Å²) in [5.41, 5.74) is 3.18. The molecule has 1 aromatic heterocycles. The summed E-state index contributed by atoms with van der Waals surface area (Å²) in [5.74, 6) is 0.552. The van der Waals surface area contributed by atoms with E-state index in [0.717, 1.165) is 23.4 Å². The molecule has 0 radical (unpaired) electrons. The van der Waals surface area contributed by atoms with E-state index >= 15 is 0 Å². The molecule has 2 rings (SSSR count). The molecule has 0 spiro atoms. The highest BCUT2D eigenvalue weighted by molar-refractivity contribution is 5.79. The summed E-state index contributed by atoms with van der Waals surface area (Å²) < 4.78 is 7.03. The number of nitrogens with zero attached hydrogens (tertiary/aromatic N) is 2. The van der Waals surface area contributed by atoms with Gasteiger partial charge in [-0.15, -0.1) is 0 Å². The van der Waals surface area contributed by atoms with Crippen LogP contribution in [0.2, 0.25) is 0 Å². The Labute approximate surface area is 107 Å². The number of aryl methyl sites for hydroxylation is 2. The van der Waals surface area contributed by atoms with Crippen LogP contribution in [0, 0.1) is 6.92 Å². The molecule has 0 N–H and O–H groups in total. The number of imidazole rings is 1. The largest absolute Gasteiger partial charge is 0.466 e. The Morgan fingerprint density at radius 3 is 2.83 bits per heavy atom. The van der Waals surface area contributed by atoms with Gasteiger partial charge in [0.2, 0.25) is 0 Å². The summed E-state index contributed by atoms with van der Waals surface area (Å²) in [4.78, 5) is 16.1. The fourth-order valence-corrected chi connectivity index (χ4v) is 2.12. The lowest BCUT2D eigenvalue weighted by molar-refractivity contribution is -0.142. The van der Waals surface area contributed by atoms with Crippen molar-refractivity contribution in [2.45, 2.75) is 33.7 Å². The van der Waals surface area contributed by atoms with Crippen LogP contribution in [0.5, 0.6) is 0 Å². The third-order valence-electron chi connectivity index (χ3n) is 2.91. The molecule has 0 bridgehead atoms. The molecular formula is C14H18N2O2. The average molecular weight is 246 g/mol. The second kappa shape index (κ2) is 5.21. The zero-order valence-corrected chi connectivity index (χ0v) is 11.1. The number of aromatic nitrogens is 2. The van der Waals surface area contributed by atoms with Gasteiger partial charge in [-0.25, -0.2) is 4.98 Å². The lowest BCUT2D eigenvalue weighted by Gasteiger charge is -2.05. The van der Waals surface area contributed by atoms with Crippen LogP contribution in [-0.2, 0) is 22.5 Å². The summed E-state index contributed by atoms with van der Waals surface area (Å²) in [6.45, 7) is 7.10.